The Balaban J connectivity index is 2.86. The van der Waals surface area contributed by atoms with Crippen molar-refractivity contribution in [3.8, 4) is 0 Å². The molecule has 1 aromatic carbocycles. The number of benzene rings is 1. The second-order valence-corrected chi connectivity index (χ2v) is 5.84. The number of aldehydes is 1. The predicted molar refractivity (Wildman–Crippen MR) is 83.4 cm³/mol. The SMILES string of the molecule is CSCCN(C)C=Nc1cc(Br)c(C)cc1C=O. The van der Waals surface area contributed by atoms with Crippen LogP contribution >= 0.6 is 27.7 Å². The lowest BCUT2D eigenvalue weighted by molar-refractivity contribution is 0.112. The molecular weight excluding hydrogens is 312 g/mol. The molecule has 3 nitrogen and oxygen atoms in total. The number of aliphatic imine (C=N–C) groups is 1. The molecule has 0 spiro atoms. The van der Waals surface area contributed by atoms with Crippen molar-refractivity contribution in [2.24, 2.45) is 4.99 Å². The molecule has 0 atom stereocenters. The van der Waals surface area contributed by atoms with Crippen molar-refractivity contribution in [3.05, 3.63) is 27.7 Å². The third kappa shape index (κ3) is 4.46. The molecule has 0 saturated carbocycles. The molecule has 0 saturated heterocycles. The number of carbonyl (C=O) groups is 1. The third-order valence-corrected chi connectivity index (χ3v) is 3.92. The topological polar surface area (TPSA) is 32.7 Å². The van der Waals surface area contributed by atoms with Gasteiger partial charge < -0.3 is 4.90 Å². The summed E-state index contributed by atoms with van der Waals surface area (Å²) in [6.45, 7) is 2.89. The minimum absolute atomic E-state index is 0.616. The molecule has 0 aliphatic heterocycles. The van der Waals surface area contributed by atoms with Gasteiger partial charge in [-0.2, -0.15) is 11.8 Å². The van der Waals surface area contributed by atoms with E-state index in [-0.39, 0.29) is 0 Å². The first-order valence-corrected chi connectivity index (χ1v) is 7.76. The summed E-state index contributed by atoms with van der Waals surface area (Å²) in [5.74, 6) is 1.06. The zero-order chi connectivity index (χ0) is 13.5. The molecule has 0 bridgehead atoms. The van der Waals surface area contributed by atoms with E-state index in [1.807, 2.05) is 31.0 Å². The van der Waals surface area contributed by atoms with Gasteiger partial charge in [0, 0.05) is 29.4 Å². The first-order valence-electron chi connectivity index (χ1n) is 5.57. The molecule has 0 aliphatic carbocycles. The van der Waals surface area contributed by atoms with Crippen molar-refractivity contribution >= 4 is 46.0 Å². The molecule has 0 aromatic heterocycles. The molecule has 98 valence electrons. The van der Waals surface area contributed by atoms with Gasteiger partial charge in [-0.3, -0.25) is 4.79 Å². The number of hydrogen-bond acceptors (Lipinski definition) is 3. The lowest BCUT2D eigenvalue weighted by Gasteiger charge is -2.12. The predicted octanol–water partition coefficient (Wildman–Crippen LogP) is 3.52. The molecule has 0 unspecified atom stereocenters. The van der Waals surface area contributed by atoms with E-state index in [4.69, 9.17) is 0 Å². The van der Waals surface area contributed by atoms with E-state index >= 15 is 0 Å². The monoisotopic (exact) mass is 328 g/mol. The van der Waals surface area contributed by atoms with Crippen LogP contribution in [0.2, 0.25) is 0 Å². The number of thioether (sulfide) groups is 1. The van der Waals surface area contributed by atoms with E-state index in [0.29, 0.717) is 11.3 Å². The Morgan fingerprint density at radius 2 is 2.22 bits per heavy atom. The summed E-state index contributed by atoms with van der Waals surface area (Å²) in [6, 6.07) is 3.71. The van der Waals surface area contributed by atoms with Crippen LogP contribution in [0.1, 0.15) is 15.9 Å². The largest absolute Gasteiger partial charge is 0.365 e. The van der Waals surface area contributed by atoms with Crippen LogP contribution < -0.4 is 0 Å². The fourth-order valence-corrected chi connectivity index (χ4v) is 2.16. The first-order chi connectivity index (χ1) is 8.58. The third-order valence-electron chi connectivity index (χ3n) is 2.48. The van der Waals surface area contributed by atoms with E-state index < -0.39 is 0 Å². The smallest absolute Gasteiger partial charge is 0.152 e. The van der Waals surface area contributed by atoms with Gasteiger partial charge in [0.15, 0.2) is 6.29 Å². The van der Waals surface area contributed by atoms with E-state index in [0.717, 1.165) is 28.6 Å². The van der Waals surface area contributed by atoms with Crippen LogP contribution in [0.3, 0.4) is 0 Å². The summed E-state index contributed by atoms with van der Waals surface area (Å²) in [7, 11) is 1.98. The van der Waals surface area contributed by atoms with Crippen molar-refractivity contribution in [2.75, 3.05) is 25.6 Å². The molecule has 0 amide bonds. The minimum Gasteiger partial charge on any atom is -0.365 e. The average molecular weight is 329 g/mol. The number of hydrogen-bond donors (Lipinski definition) is 0. The lowest BCUT2D eigenvalue weighted by atomic mass is 10.1. The van der Waals surface area contributed by atoms with Gasteiger partial charge in [0.1, 0.15) is 0 Å². The summed E-state index contributed by atoms with van der Waals surface area (Å²) < 4.78 is 0.965. The van der Waals surface area contributed by atoms with Crippen molar-refractivity contribution < 1.29 is 4.79 Å². The van der Waals surface area contributed by atoms with Crippen LogP contribution in [0.4, 0.5) is 5.69 Å². The van der Waals surface area contributed by atoms with Gasteiger partial charge in [0.25, 0.3) is 0 Å². The maximum atomic E-state index is 11.0. The van der Waals surface area contributed by atoms with Crippen LogP contribution in [-0.4, -0.2) is 43.1 Å². The summed E-state index contributed by atoms with van der Waals surface area (Å²) >= 11 is 5.25. The van der Waals surface area contributed by atoms with Crippen molar-refractivity contribution in [1.29, 1.82) is 0 Å². The zero-order valence-corrected chi connectivity index (χ0v) is 13.2. The van der Waals surface area contributed by atoms with Gasteiger partial charge in [0.2, 0.25) is 0 Å². The fraction of sp³-hybridized carbons (Fsp3) is 0.385. The van der Waals surface area contributed by atoms with Crippen LogP contribution in [0.25, 0.3) is 0 Å². The van der Waals surface area contributed by atoms with E-state index in [9.17, 15) is 4.79 Å². The first kappa shape index (κ1) is 15.2. The van der Waals surface area contributed by atoms with Crippen LogP contribution in [0.5, 0.6) is 0 Å². The second-order valence-electron chi connectivity index (χ2n) is 4.00. The maximum absolute atomic E-state index is 11.0. The van der Waals surface area contributed by atoms with Crippen LogP contribution in [0.15, 0.2) is 21.6 Å². The van der Waals surface area contributed by atoms with E-state index in [1.165, 1.54) is 0 Å². The number of aryl methyl sites for hydroxylation is 1. The number of halogens is 1. The maximum Gasteiger partial charge on any atom is 0.152 e. The molecule has 5 heteroatoms. The Hall–Kier alpha value is -0.810. The molecule has 0 radical (unpaired) electrons. The summed E-state index contributed by atoms with van der Waals surface area (Å²) in [6.07, 6.45) is 4.68. The fourth-order valence-electron chi connectivity index (χ4n) is 1.35. The summed E-state index contributed by atoms with van der Waals surface area (Å²) in [5.41, 5.74) is 2.34. The molecule has 0 aliphatic rings. The second kappa shape index (κ2) is 7.59. The van der Waals surface area contributed by atoms with E-state index in [2.05, 4.69) is 27.2 Å². The summed E-state index contributed by atoms with van der Waals surface area (Å²) in [5, 5.41) is 0. The van der Waals surface area contributed by atoms with E-state index in [1.54, 1.807) is 18.1 Å². The Morgan fingerprint density at radius 3 is 2.83 bits per heavy atom. The molecule has 0 N–H and O–H groups in total. The number of rotatable bonds is 6. The average Bonchev–Trinajstić information content (AvgIpc) is 2.37. The molecule has 1 rings (SSSR count). The molecule has 0 heterocycles. The zero-order valence-electron chi connectivity index (χ0n) is 10.8. The molecule has 1 aromatic rings. The van der Waals surface area contributed by atoms with Gasteiger partial charge in [-0.15, -0.1) is 0 Å². The quantitative estimate of drug-likeness (QED) is 0.455. The van der Waals surface area contributed by atoms with Crippen LogP contribution in [-0.2, 0) is 0 Å². The van der Waals surface area contributed by atoms with Gasteiger partial charge in [-0.25, -0.2) is 4.99 Å². The Bertz CT molecular complexity index is 449. The van der Waals surface area contributed by atoms with Gasteiger partial charge >= 0.3 is 0 Å². The van der Waals surface area contributed by atoms with Gasteiger partial charge in [-0.1, -0.05) is 15.9 Å². The molecular formula is C13H17BrN2OS. The van der Waals surface area contributed by atoms with Crippen molar-refractivity contribution in [1.82, 2.24) is 4.90 Å². The lowest BCUT2D eigenvalue weighted by Crippen LogP contribution is -2.18. The van der Waals surface area contributed by atoms with Crippen molar-refractivity contribution in [2.45, 2.75) is 6.92 Å². The normalized spacial score (nSPS) is 10.9. The molecule has 0 fully saturated rings. The Labute approximate surface area is 121 Å². The standard InChI is InChI=1S/C13H17BrN2OS/c1-10-6-11(8-17)13(7-12(10)14)15-9-16(2)4-5-18-3/h6-9H,4-5H2,1-3H3. The highest BCUT2D eigenvalue weighted by Gasteiger charge is 2.04. The molecule has 18 heavy (non-hydrogen) atoms. The number of nitrogens with zero attached hydrogens (tertiary/aromatic N) is 2. The highest BCUT2D eigenvalue weighted by atomic mass is 79.9. The Kier molecular flexibility index (Phi) is 6.43. The number of carbonyl (C=O) groups excluding carboxylic acids is 1. The van der Waals surface area contributed by atoms with Crippen LogP contribution in [0, 0.1) is 6.92 Å². The van der Waals surface area contributed by atoms with Gasteiger partial charge in [0.05, 0.1) is 12.0 Å². The minimum atomic E-state index is 0.616. The highest BCUT2D eigenvalue weighted by molar-refractivity contribution is 9.10. The summed E-state index contributed by atoms with van der Waals surface area (Å²) in [4.78, 5) is 17.4. The Morgan fingerprint density at radius 1 is 1.50 bits per heavy atom. The highest BCUT2D eigenvalue weighted by Crippen LogP contribution is 2.26. The van der Waals surface area contributed by atoms with Crippen molar-refractivity contribution in [3.63, 3.8) is 0 Å². The van der Waals surface area contributed by atoms with Gasteiger partial charge in [-0.05, 0) is 30.9 Å².